The summed E-state index contributed by atoms with van der Waals surface area (Å²) in [5.74, 6) is 0.327. The monoisotopic (exact) mass is 410 g/mol. The van der Waals surface area contributed by atoms with Crippen LogP contribution in [0, 0.1) is 6.92 Å². The van der Waals surface area contributed by atoms with Gasteiger partial charge in [-0.3, -0.25) is 9.10 Å². The molecule has 0 aliphatic heterocycles. The molecule has 2 rings (SSSR count). The number of halogens is 1. The average molecular weight is 411 g/mol. The van der Waals surface area contributed by atoms with Crippen molar-refractivity contribution in [3.63, 3.8) is 0 Å². The summed E-state index contributed by atoms with van der Waals surface area (Å²) in [5.41, 5.74) is 1.83. The van der Waals surface area contributed by atoms with Crippen LogP contribution in [0.1, 0.15) is 11.1 Å². The summed E-state index contributed by atoms with van der Waals surface area (Å²) in [6.45, 7) is 1.71. The van der Waals surface area contributed by atoms with Crippen LogP contribution in [0.2, 0.25) is 5.02 Å². The van der Waals surface area contributed by atoms with Crippen LogP contribution in [0.25, 0.3) is 0 Å². The summed E-state index contributed by atoms with van der Waals surface area (Å²) in [6.07, 6.45) is 1.07. The van der Waals surface area contributed by atoms with Crippen LogP contribution in [0.4, 0.5) is 5.69 Å². The van der Waals surface area contributed by atoms with Crippen molar-refractivity contribution < 1.29 is 17.9 Å². The van der Waals surface area contributed by atoms with Gasteiger partial charge < -0.3 is 9.64 Å². The molecular formula is C19H23ClN2O4S. The topological polar surface area (TPSA) is 66.9 Å². The van der Waals surface area contributed by atoms with E-state index in [1.165, 1.54) is 4.90 Å². The van der Waals surface area contributed by atoms with E-state index in [0.29, 0.717) is 28.6 Å². The second kappa shape index (κ2) is 8.63. The summed E-state index contributed by atoms with van der Waals surface area (Å²) < 4.78 is 31.0. The van der Waals surface area contributed by atoms with Crippen molar-refractivity contribution in [1.82, 2.24) is 4.90 Å². The summed E-state index contributed by atoms with van der Waals surface area (Å²) in [6, 6.07) is 12.3. The van der Waals surface area contributed by atoms with Gasteiger partial charge in [-0.05, 0) is 30.7 Å². The maximum Gasteiger partial charge on any atom is 0.243 e. The van der Waals surface area contributed by atoms with E-state index in [-0.39, 0.29) is 12.5 Å². The Balaban J connectivity index is 2.25. The molecule has 0 aliphatic carbocycles. The van der Waals surface area contributed by atoms with Crippen LogP contribution in [0.3, 0.4) is 0 Å². The third-order valence-corrected chi connectivity index (χ3v) is 5.75. The first-order chi connectivity index (χ1) is 12.6. The Kier molecular flexibility index (Phi) is 6.73. The number of methoxy groups -OCH3 is 1. The minimum Gasteiger partial charge on any atom is -0.496 e. The van der Waals surface area contributed by atoms with Crippen molar-refractivity contribution in [2.75, 3.05) is 31.3 Å². The standard InChI is InChI=1S/C19H23ClN2O4S/c1-14-16(20)9-7-10-17(14)22(27(4,24)25)13-19(23)21(2)12-15-8-5-6-11-18(15)26-3/h5-11H,12-13H2,1-4H3. The third-order valence-electron chi connectivity index (χ3n) is 4.21. The summed E-state index contributed by atoms with van der Waals surface area (Å²) in [4.78, 5) is 14.2. The molecule has 6 nitrogen and oxygen atoms in total. The van der Waals surface area contributed by atoms with E-state index in [9.17, 15) is 13.2 Å². The third kappa shape index (κ3) is 5.14. The second-order valence-corrected chi connectivity index (χ2v) is 8.53. The number of rotatable bonds is 7. The van der Waals surface area contributed by atoms with Crippen LogP contribution >= 0.6 is 11.6 Å². The van der Waals surface area contributed by atoms with Crippen molar-refractivity contribution in [2.45, 2.75) is 13.5 Å². The molecule has 0 saturated carbocycles. The molecule has 0 N–H and O–H groups in total. The largest absolute Gasteiger partial charge is 0.496 e. The highest BCUT2D eigenvalue weighted by molar-refractivity contribution is 7.92. The molecule has 1 amide bonds. The maximum absolute atomic E-state index is 12.7. The van der Waals surface area contributed by atoms with Gasteiger partial charge in [-0.1, -0.05) is 35.9 Å². The van der Waals surface area contributed by atoms with Gasteiger partial charge in [0.15, 0.2) is 0 Å². The fourth-order valence-corrected chi connectivity index (χ4v) is 3.74. The Morgan fingerprint density at radius 3 is 2.44 bits per heavy atom. The summed E-state index contributed by atoms with van der Waals surface area (Å²) >= 11 is 6.12. The van der Waals surface area contributed by atoms with Crippen LogP contribution in [-0.2, 0) is 21.4 Å². The number of hydrogen-bond acceptors (Lipinski definition) is 4. The van der Waals surface area contributed by atoms with Gasteiger partial charge in [0.1, 0.15) is 12.3 Å². The Labute approximate surface area is 165 Å². The molecule has 0 aliphatic rings. The summed E-state index contributed by atoms with van der Waals surface area (Å²) in [5, 5.41) is 0.441. The van der Waals surface area contributed by atoms with E-state index >= 15 is 0 Å². The Morgan fingerprint density at radius 2 is 1.81 bits per heavy atom. The molecule has 0 spiro atoms. The molecule has 2 aromatic carbocycles. The number of carbonyl (C=O) groups excluding carboxylic acids is 1. The molecule has 0 saturated heterocycles. The van der Waals surface area contributed by atoms with Crippen molar-refractivity contribution >= 4 is 33.2 Å². The van der Waals surface area contributed by atoms with Gasteiger partial charge in [-0.25, -0.2) is 8.42 Å². The molecule has 146 valence electrons. The van der Waals surface area contributed by atoms with Gasteiger partial charge >= 0.3 is 0 Å². The van der Waals surface area contributed by atoms with Crippen LogP contribution in [0.5, 0.6) is 5.75 Å². The van der Waals surface area contributed by atoms with Crippen molar-refractivity contribution in [2.24, 2.45) is 0 Å². The maximum atomic E-state index is 12.7. The van der Waals surface area contributed by atoms with E-state index in [1.54, 1.807) is 39.3 Å². The molecule has 8 heteroatoms. The van der Waals surface area contributed by atoms with Gasteiger partial charge in [0.05, 0.1) is 19.1 Å². The smallest absolute Gasteiger partial charge is 0.243 e. The fraction of sp³-hybridized carbons (Fsp3) is 0.316. The van der Waals surface area contributed by atoms with E-state index in [0.717, 1.165) is 16.1 Å². The van der Waals surface area contributed by atoms with E-state index < -0.39 is 10.0 Å². The lowest BCUT2D eigenvalue weighted by Gasteiger charge is -2.27. The van der Waals surface area contributed by atoms with Gasteiger partial charge in [0, 0.05) is 24.2 Å². The van der Waals surface area contributed by atoms with E-state index in [2.05, 4.69) is 0 Å². The van der Waals surface area contributed by atoms with E-state index in [1.807, 2.05) is 24.3 Å². The first-order valence-electron chi connectivity index (χ1n) is 8.23. The number of carbonyl (C=O) groups is 1. The Hall–Kier alpha value is -2.25. The zero-order valence-electron chi connectivity index (χ0n) is 15.8. The predicted octanol–water partition coefficient (Wildman–Crippen LogP) is 3.08. The van der Waals surface area contributed by atoms with Gasteiger partial charge in [0.25, 0.3) is 0 Å². The number of anilines is 1. The lowest BCUT2D eigenvalue weighted by atomic mass is 10.2. The first kappa shape index (κ1) is 21.1. The minimum absolute atomic E-state index is 0.301. The molecule has 27 heavy (non-hydrogen) atoms. The van der Waals surface area contributed by atoms with Crippen molar-refractivity contribution in [3.8, 4) is 5.75 Å². The van der Waals surface area contributed by atoms with Crippen molar-refractivity contribution in [3.05, 3.63) is 58.6 Å². The van der Waals surface area contributed by atoms with Gasteiger partial charge in [-0.2, -0.15) is 0 Å². The molecule has 2 aromatic rings. The number of likely N-dealkylation sites (N-methyl/N-ethyl adjacent to an activating group) is 1. The molecule has 0 radical (unpaired) electrons. The lowest BCUT2D eigenvalue weighted by Crippen LogP contribution is -2.41. The van der Waals surface area contributed by atoms with Crippen LogP contribution in [-0.4, -0.2) is 46.2 Å². The van der Waals surface area contributed by atoms with E-state index in [4.69, 9.17) is 16.3 Å². The highest BCUT2D eigenvalue weighted by Gasteiger charge is 2.25. The minimum atomic E-state index is -3.67. The Bertz CT molecular complexity index is 931. The second-order valence-electron chi connectivity index (χ2n) is 6.22. The number of para-hydroxylation sites is 1. The van der Waals surface area contributed by atoms with Gasteiger partial charge in [-0.15, -0.1) is 0 Å². The number of nitrogens with zero attached hydrogens (tertiary/aromatic N) is 2. The van der Waals surface area contributed by atoms with Crippen molar-refractivity contribution in [1.29, 1.82) is 0 Å². The molecule has 0 unspecified atom stereocenters. The molecule has 0 aromatic heterocycles. The number of sulfonamides is 1. The number of hydrogen-bond donors (Lipinski definition) is 0. The highest BCUT2D eigenvalue weighted by Crippen LogP contribution is 2.28. The normalized spacial score (nSPS) is 11.1. The SMILES string of the molecule is COc1ccccc1CN(C)C(=O)CN(c1cccc(Cl)c1C)S(C)(=O)=O. The Morgan fingerprint density at radius 1 is 1.15 bits per heavy atom. The predicted molar refractivity (Wildman–Crippen MR) is 108 cm³/mol. The number of benzene rings is 2. The van der Waals surface area contributed by atoms with Gasteiger partial charge in [0.2, 0.25) is 15.9 Å². The molecule has 0 atom stereocenters. The lowest BCUT2D eigenvalue weighted by molar-refractivity contribution is -0.128. The highest BCUT2D eigenvalue weighted by atomic mass is 35.5. The molecule has 0 heterocycles. The first-order valence-corrected chi connectivity index (χ1v) is 10.5. The molecule has 0 fully saturated rings. The summed E-state index contributed by atoms with van der Waals surface area (Å²) in [7, 11) is -0.480. The zero-order valence-corrected chi connectivity index (χ0v) is 17.3. The molecule has 0 bridgehead atoms. The average Bonchev–Trinajstić information content (AvgIpc) is 2.61. The van der Waals surface area contributed by atoms with Crippen LogP contribution < -0.4 is 9.04 Å². The number of amides is 1. The number of ether oxygens (including phenoxy) is 1. The van der Waals surface area contributed by atoms with Crippen LogP contribution in [0.15, 0.2) is 42.5 Å². The quantitative estimate of drug-likeness (QED) is 0.703. The fourth-order valence-electron chi connectivity index (χ4n) is 2.67. The molecular weight excluding hydrogens is 388 g/mol. The zero-order chi connectivity index (χ0) is 20.2.